The fourth-order valence-corrected chi connectivity index (χ4v) is 2.87. The molecule has 0 aliphatic heterocycles. The second kappa shape index (κ2) is 9.72. The number of benzene rings is 1. The van der Waals surface area contributed by atoms with Gasteiger partial charge in [0.1, 0.15) is 6.04 Å². The zero-order valence-electron chi connectivity index (χ0n) is 16.2. The molecule has 2 aromatic rings. The molecule has 1 amide bonds. The second-order valence-electron chi connectivity index (χ2n) is 6.32. The van der Waals surface area contributed by atoms with E-state index in [-0.39, 0.29) is 24.4 Å². The predicted octanol–water partition coefficient (Wildman–Crippen LogP) is 1.56. The molecule has 1 aromatic heterocycles. The van der Waals surface area contributed by atoms with Crippen molar-refractivity contribution in [1.82, 2.24) is 14.9 Å². The molecule has 0 saturated carbocycles. The number of ether oxygens (including phenoxy) is 2. The number of amides is 1. The van der Waals surface area contributed by atoms with Crippen molar-refractivity contribution in [3.63, 3.8) is 0 Å². The van der Waals surface area contributed by atoms with Crippen LogP contribution in [0, 0.1) is 0 Å². The van der Waals surface area contributed by atoms with Gasteiger partial charge in [-0.15, -0.1) is 0 Å². The first-order valence-electron chi connectivity index (χ1n) is 9.04. The molecule has 0 bridgehead atoms. The molecule has 0 saturated heterocycles. The van der Waals surface area contributed by atoms with Gasteiger partial charge in [-0.2, -0.15) is 0 Å². The van der Waals surface area contributed by atoms with E-state index in [1.807, 2.05) is 6.92 Å². The van der Waals surface area contributed by atoms with Crippen molar-refractivity contribution in [1.29, 1.82) is 0 Å². The van der Waals surface area contributed by atoms with Crippen molar-refractivity contribution in [2.24, 2.45) is 0 Å². The smallest absolute Gasteiger partial charge is 0.326 e. The van der Waals surface area contributed by atoms with E-state index in [1.165, 1.54) is 25.1 Å². The molecule has 0 aliphatic rings. The summed E-state index contributed by atoms with van der Waals surface area (Å²) in [7, 11) is 2.99. The van der Waals surface area contributed by atoms with Crippen LogP contribution in [0.2, 0.25) is 0 Å². The van der Waals surface area contributed by atoms with Crippen LogP contribution in [0.1, 0.15) is 32.6 Å². The van der Waals surface area contributed by atoms with E-state index < -0.39 is 12.0 Å². The third-order valence-corrected chi connectivity index (χ3v) is 4.34. The number of fused-ring (bicyclic) bond motifs is 1. The lowest BCUT2D eigenvalue weighted by Gasteiger charge is -2.13. The van der Waals surface area contributed by atoms with Crippen molar-refractivity contribution in [2.75, 3.05) is 14.2 Å². The third kappa shape index (κ3) is 4.99. The number of hydrogen-bond donors (Lipinski definition) is 2. The maximum absolute atomic E-state index is 12.7. The lowest BCUT2D eigenvalue weighted by Crippen LogP contribution is -2.40. The molecule has 9 heteroatoms. The van der Waals surface area contributed by atoms with Gasteiger partial charge >= 0.3 is 5.97 Å². The number of carboxylic acid groups (broad SMARTS) is 1. The molecule has 0 radical (unpaired) electrons. The average Bonchev–Trinajstić information content (AvgIpc) is 2.68. The molecule has 2 N–H and O–H groups in total. The van der Waals surface area contributed by atoms with Gasteiger partial charge in [0.25, 0.3) is 5.56 Å². The molecule has 152 valence electrons. The number of rotatable bonds is 10. The number of carbonyl (C=O) groups excluding carboxylic acids is 1. The molecule has 1 aromatic carbocycles. The first-order chi connectivity index (χ1) is 13.4. The summed E-state index contributed by atoms with van der Waals surface area (Å²) in [6.07, 6.45) is 2.95. The Morgan fingerprint density at radius 2 is 1.93 bits per heavy atom. The Bertz CT molecular complexity index is 908. The number of aliphatic carboxylic acids is 1. The van der Waals surface area contributed by atoms with Gasteiger partial charge in [-0.05, 0) is 18.9 Å². The number of carboxylic acids is 1. The topological polar surface area (TPSA) is 120 Å². The summed E-state index contributed by atoms with van der Waals surface area (Å²) in [6.45, 7) is 2.14. The minimum absolute atomic E-state index is 0.115. The van der Waals surface area contributed by atoms with Crippen LogP contribution < -0.4 is 20.3 Å². The van der Waals surface area contributed by atoms with Gasteiger partial charge in [0.2, 0.25) is 5.91 Å². The molecule has 0 fully saturated rings. The Labute approximate surface area is 162 Å². The average molecular weight is 391 g/mol. The van der Waals surface area contributed by atoms with E-state index in [4.69, 9.17) is 14.6 Å². The maximum atomic E-state index is 12.7. The standard InChI is InChI=1S/C19H25N3O6/c1-4-6-13(19(25)26)21-17(23)7-5-8-22-11-20-14-10-16(28-3)15(27-2)9-12(14)18(22)24/h9-11,13H,4-8H2,1-3H3,(H,21,23)(H,25,26). The lowest BCUT2D eigenvalue weighted by molar-refractivity contribution is -0.142. The predicted molar refractivity (Wildman–Crippen MR) is 103 cm³/mol. The molecule has 0 spiro atoms. The van der Waals surface area contributed by atoms with E-state index in [0.717, 1.165) is 0 Å². The maximum Gasteiger partial charge on any atom is 0.326 e. The highest BCUT2D eigenvalue weighted by Crippen LogP contribution is 2.29. The van der Waals surface area contributed by atoms with Crippen molar-refractivity contribution in [3.05, 3.63) is 28.8 Å². The Hall–Kier alpha value is -3.10. The van der Waals surface area contributed by atoms with Gasteiger partial charge < -0.3 is 19.9 Å². The van der Waals surface area contributed by atoms with Gasteiger partial charge in [0.15, 0.2) is 11.5 Å². The van der Waals surface area contributed by atoms with Gasteiger partial charge in [-0.25, -0.2) is 9.78 Å². The first-order valence-corrected chi connectivity index (χ1v) is 9.04. The highest BCUT2D eigenvalue weighted by molar-refractivity contribution is 5.83. The summed E-state index contributed by atoms with van der Waals surface area (Å²) in [5.41, 5.74) is 0.237. The van der Waals surface area contributed by atoms with Crippen LogP contribution in [0.5, 0.6) is 11.5 Å². The summed E-state index contributed by atoms with van der Waals surface area (Å²) in [5.74, 6) is -0.485. The number of aryl methyl sites for hydroxylation is 1. The highest BCUT2D eigenvalue weighted by Gasteiger charge is 2.18. The van der Waals surface area contributed by atoms with E-state index >= 15 is 0 Å². The van der Waals surface area contributed by atoms with Crippen molar-refractivity contribution in [3.8, 4) is 11.5 Å². The Kier molecular flexibility index (Phi) is 7.36. The summed E-state index contributed by atoms with van der Waals surface area (Å²) in [4.78, 5) is 40.0. The molecule has 2 rings (SSSR count). The molecular weight excluding hydrogens is 366 g/mol. The van der Waals surface area contributed by atoms with Crippen LogP contribution in [0.4, 0.5) is 0 Å². The Morgan fingerprint density at radius 3 is 2.54 bits per heavy atom. The Balaban J connectivity index is 2.06. The van der Waals surface area contributed by atoms with Crippen LogP contribution >= 0.6 is 0 Å². The van der Waals surface area contributed by atoms with Gasteiger partial charge in [-0.1, -0.05) is 13.3 Å². The van der Waals surface area contributed by atoms with E-state index in [9.17, 15) is 14.4 Å². The summed E-state index contributed by atoms with van der Waals surface area (Å²) in [6, 6.07) is 2.33. The minimum Gasteiger partial charge on any atom is -0.493 e. The fraction of sp³-hybridized carbons (Fsp3) is 0.474. The summed E-state index contributed by atoms with van der Waals surface area (Å²) in [5, 5.41) is 12.0. The van der Waals surface area contributed by atoms with Crippen LogP contribution in [-0.4, -0.2) is 46.8 Å². The highest BCUT2D eigenvalue weighted by atomic mass is 16.5. The Morgan fingerprint density at radius 1 is 1.25 bits per heavy atom. The molecule has 1 heterocycles. The van der Waals surface area contributed by atoms with Crippen LogP contribution in [-0.2, 0) is 16.1 Å². The number of hydrogen-bond acceptors (Lipinski definition) is 6. The van der Waals surface area contributed by atoms with E-state index in [1.54, 1.807) is 12.1 Å². The number of methoxy groups -OCH3 is 2. The normalized spacial score (nSPS) is 11.8. The monoisotopic (exact) mass is 391 g/mol. The molecule has 9 nitrogen and oxygen atoms in total. The van der Waals surface area contributed by atoms with Crippen molar-refractivity contribution >= 4 is 22.8 Å². The molecule has 28 heavy (non-hydrogen) atoms. The molecule has 0 aliphatic carbocycles. The van der Waals surface area contributed by atoms with Gasteiger partial charge in [0.05, 0.1) is 31.4 Å². The number of nitrogens with zero attached hydrogens (tertiary/aromatic N) is 2. The zero-order chi connectivity index (χ0) is 20.7. The van der Waals surface area contributed by atoms with Crippen molar-refractivity contribution < 1.29 is 24.2 Å². The third-order valence-electron chi connectivity index (χ3n) is 4.34. The minimum atomic E-state index is -1.05. The molecular formula is C19H25N3O6. The van der Waals surface area contributed by atoms with Gasteiger partial charge in [-0.3, -0.25) is 14.2 Å². The number of carbonyl (C=O) groups is 2. The lowest BCUT2D eigenvalue weighted by atomic mass is 10.1. The largest absolute Gasteiger partial charge is 0.493 e. The van der Waals surface area contributed by atoms with Gasteiger partial charge in [0, 0.05) is 19.0 Å². The van der Waals surface area contributed by atoms with Crippen LogP contribution in [0.3, 0.4) is 0 Å². The fourth-order valence-electron chi connectivity index (χ4n) is 2.87. The van der Waals surface area contributed by atoms with Crippen LogP contribution in [0.15, 0.2) is 23.3 Å². The first kappa shape index (κ1) is 21.2. The van der Waals surface area contributed by atoms with Crippen molar-refractivity contribution in [2.45, 2.75) is 45.2 Å². The van der Waals surface area contributed by atoms with E-state index in [0.29, 0.717) is 41.7 Å². The van der Waals surface area contributed by atoms with E-state index in [2.05, 4.69) is 10.3 Å². The number of aromatic nitrogens is 2. The molecule has 1 atom stereocenters. The summed E-state index contributed by atoms with van der Waals surface area (Å²) < 4.78 is 11.9. The number of nitrogens with one attached hydrogen (secondary N) is 1. The summed E-state index contributed by atoms with van der Waals surface area (Å²) >= 11 is 0. The quantitative estimate of drug-likeness (QED) is 0.631. The SMILES string of the molecule is CCCC(NC(=O)CCCn1cnc2cc(OC)c(OC)cc2c1=O)C(=O)O. The van der Waals surface area contributed by atoms with Crippen LogP contribution in [0.25, 0.3) is 10.9 Å². The zero-order valence-corrected chi connectivity index (χ0v) is 16.2. The second-order valence-corrected chi connectivity index (χ2v) is 6.32. The molecule has 1 unspecified atom stereocenters.